The van der Waals surface area contributed by atoms with Gasteiger partial charge < -0.3 is 15.7 Å². The average molecular weight is 256 g/mol. The SMILES string of the molecule is CC[C@@H](N)C(=O)N(C)C1(CC(=O)O)CCCCC1. The van der Waals surface area contributed by atoms with Crippen LogP contribution < -0.4 is 5.73 Å². The molecule has 0 bridgehead atoms. The first kappa shape index (κ1) is 15.0. The Kier molecular flexibility index (Phi) is 5.14. The van der Waals surface area contributed by atoms with Crippen LogP contribution in [0.2, 0.25) is 0 Å². The number of amides is 1. The molecule has 0 unspecified atom stereocenters. The first-order valence-electron chi connectivity index (χ1n) is 6.68. The van der Waals surface area contributed by atoms with Crippen LogP contribution in [-0.2, 0) is 9.59 Å². The zero-order valence-corrected chi connectivity index (χ0v) is 11.3. The lowest BCUT2D eigenvalue weighted by atomic mass is 9.77. The van der Waals surface area contributed by atoms with Gasteiger partial charge in [-0.2, -0.15) is 0 Å². The molecule has 0 aromatic carbocycles. The molecule has 1 saturated carbocycles. The highest BCUT2D eigenvalue weighted by Crippen LogP contribution is 2.36. The molecule has 0 aromatic heterocycles. The number of carboxylic acids is 1. The van der Waals surface area contributed by atoms with Gasteiger partial charge in [0.25, 0.3) is 0 Å². The van der Waals surface area contributed by atoms with E-state index in [1.807, 2.05) is 6.92 Å². The number of carbonyl (C=O) groups excluding carboxylic acids is 1. The summed E-state index contributed by atoms with van der Waals surface area (Å²) in [6, 6.07) is -0.525. The van der Waals surface area contributed by atoms with Crippen molar-refractivity contribution in [1.82, 2.24) is 4.90 Å². The van der Waals surface area contributed by atoms with E-state index in [4.69, 9.17) is 10.8 Å². The monoisotopic (exact) mass is 256 g/mol. The number of hydrogen-bond donors (Lipinski definition) is 2. The zero-order chi connectivity index (χ0) is 13.8. The second-order valence-electron chi connectivity index (χ2n) is 5.27. The van der Waals surface area contributed by atoms with Gasteiger partial charge in [-0.05, 0) is 19.3 Å². The number of aliphatic carboxylic acids is 1. The van der Waals surface area contributed by atoms with Crippen molar-refractivity contribution in [2.24, 2.45) is 5.73 Å². The van der Waals surface area contributed by atoms with Crippen LogP contribution in [0, 0.1) is 0 Å². The molecule has 5 nitrogen and oxygen atoms in total. The van der Waals surface area contributed by atoms with Crippen LogP contribution in [0.4, 0.5) is 0 Å². The van der Waals surface area contributed by atoms with Crippen molar-refractivity contribution in [3.63, 3.8) is 0 Å². The Bertz CT molecular complexity index is 311. The molecule has 0 radical (unpaired) electrons. The standard InChI is InChI=1S/C13H24N2O3/c1-3-10(14)12(18)15(2)13(9-11(16)17)7-5-4-6-8-13/h10H,3-9,14H2,1-2H3,(H,16,17)/t10-/m1/s1. The molecule has 1 amide bonds. The quantitative estimate of drug-likeness (QED) is 0.778. The number of carboxylic acid groups (broad SMARTS) is 1. The lowest BCUT2D eigenvalue weighted by Gasteiger charge is -2.44. The number of hydrogen-bond acceptors (Lipinski definition) is 3. The van der Waals surface area contributed by atoms with Crippen molar-refractivity contribution >= 4 is 11.9 Å². The van der Waals surface area contributed by atoms with Gasteiger partial charge in [0.1, 0.15) is 0 Å². The summed E-state index contributed by atoms with van der Waals surface area (Å²) in [7, 11) is 1.70. The third-order valence-electron chi connectivity index (χ3n) is 4.06. The van der Waals surface area contributed by atoms with Crippen LogP contribution in [0.5, 0.6) is 0 Å². The predicted octanol–water partition coefficient (Wildman–Crippen LogP) is 1.36. The zero-order valence-electron chi connectivity index (χ0n) is 11.3. The summed E-state index contributed by atoms with van der Waals surface area (Å²) in [4.78, 5) is 24.8. The van der Waals surface area contributed by atoms with E-state index in [2.05, 4.69) is 0 Å². The summed E-state index contributed by atoms with van der Waals surface area (Å²) in [5.41, 5.74) is 5.24. The molecular formula is C13H24N2O3. The molecule has 5 heteroatoms. The van der Waals surface area contributed by atoms with E-state index in [-0.39, 0.29) is 12.3 Å². The van der Waals surface area contributed by atoms with Crippen molar-refractivity contribution in [2.75, 3.05) is 7.05 Å². The van der Waals surface area contributed by atoms with Crippen LogP contribution >= 0.6 is 0 Å². The minimum atomic E-state index is -0.846. The third kappa shape index (κ3) is 3.22. The molecule has 1 fully saturated rings. The van der Waals surface area contributed by atoms with Crippen LogP contribution in [0.25, 0.3) is 0 Å². The maximum atomic E-state index is 12.2. The number of carbonyl (C=O) groups is 2. The second-order valence-corrected chi connectivity index (χ2v) is 5.27. The van der Waals surface area contributed by atoms with Gasteiger partial charge in [-0.25, -0.2) is 0 Å². The first-order chi connectivity index (χ1) is 8.43. The fourth-order valence-electron chi connectivity index (χ4n) is 2.78. The molecule has 1 aliphatic rings. The number of nitrogens with two attached hydrogens (primary N) is 1. The van der Waals surface area contributed by atoms with Gasteiger partial charge in [-0.3, -0.25) is 9.59 Å². The molecule has 1 rings (SSSR count). The van der Waals surface area contributed by atoms with Gasteiger partial charge in [0.2, 0.25) is 5.91 Å². The van der Waals surface area contributed by atoms with Crippen molar-refractivity contribution < 1.29 is 14.7 Å². The fourth-order valence-corrected chi connectivity index (χ4v) is 2.78. The molecule has 0 saturated heterocycles. The summed E-state index contributed by atoms with van der Waals surface area (Å²) < 4.78 is 0. The van der Waals surface area contributed by atoms with E-state index < -0.39 is 17.6 Å². The van der Waals surface area contributed by atoms with Crippen LogP contribution in [-0.4, -0.2) is 40.5 Å². The average Bonchev–Trinajstić information content (AvgIpc) is 2.36. The highest BCUT2D eigenvalue weighted by Gasteiger charge is 2.41. The van der Waals surface area contributed by atoms with Crippen LogP contribution in [0.3, 0.4) is 0 Å². The van der Waals surface area contributed by atoms with Crippen LogP contribution in [0.1, 0.15) is 51.9 Å². The maximum Gasteiger partial charge on any atom is 0.305 e. The first-order valence-corrected chi connectivity index (χ1v) is 6.68. The Morgan fingerprint density at radius 2 is 1.89 bits per heavy atom. The highest BCUT2D eigenvalue weighted by molar-refractivity contribution is 5.83. The largest absolute Gasteiger partial charge is 0.481 e. The Hall–Kier alpha value is -1.10. The molecule has 18 heavy (non-hydrogen) atoms. The molecule has 104 valence electrons. The topological polar surface area (TPSA) is 83.6 Å². The number of nitrogens with zero attached hydrogens (tertiary/aromatic N) is 1. The Morgan fingerprint density at radius 3 is 2.33 bits per heavy atom. The van der Waals surface area contributed by atoms with Gasteiger partial charge in [0, 0.05) is 7.05 Å². The van der Waals surface area contributed by atoms with Gasteiger partial charge in [0.15, 0.2) is 0 Å². The molecule has 3 N–H and O–H groups in total. The molecule has 0 heterocycles. The van der Waals surface area contributed by atoms with Crippen LogP contribution in [0.15, 0.2) is 0 Å². The summed E-state index contributed by atoms with van der Waals surface area (Å²) in [6.07, 6.45) is 5.19. The Balaban J connectivity index is 2.88. The lowest BCUT2D eigenvalue weighted by Crippen LogP contribution is -2.56. The summed E-state index contributed by atoms with van der Waals surface area (Å²) in [6.45, 7) is 1.86. The second kappa shape index (κ2) is 6.18. The fraction of sp³-hybridized carbons (Fsp3) is 0.846. The van der Waals surface area contributed by atoms with E-state index in [1.165, 1.54) is 0 Å². The maximum absolute atomic E-state index is 12.2. The molecule has 0 aromatic rings. The summed E-state index contributed by atoms with van der Waals surface area (Å²) in [5.74, 6) is -0.984. The number of likely N-dealkylation sites (N-methyl/N-ethyl adjacent to an activating group) is 1. The number of rotatable bonds is 5. The minimum absolute atomic E-state index is 0.0195. The molecule has 0 spiro atoms. The van der Waals surface area contributed by atoms with Gasteiger partial charge in [-0.15, -0.1) is 0 Å². The van der Waals surface area contributed by atoms with Crippen molar-refractivity contribution in [3.05, 3.63) is 0 Å². The van der Waals surface area contributed by atoms with Crippen molar-refractivity contribution in [2.45, 2.75) is 63.5 Å². The molecule has 1 aliphatic carbocycles. The van der Waals surface area contributed by atoms with Crippen molar-refractivity contribution in [3.8, 4) is 0 Å². The molecular weight excluding hydrogens is 232 g/mol. The van der Waals surface area contributed by atoms with E-state index in [0.29, 0.717) is 6.42 Å². The summed E-state index contributed by atoms with van der Waals surface area (Å²) >= 11 is 0. The van der Waals surface area contributed by atoms with E-state index >= 15 is 0 Å². The van der Waals surface area contributed by atoms with Gasteiger partial charge in [-0.1, -0.05) is 26.2 Å². The van der Waals surface area contributed by atoms with Crippen molar-refractivity contribution in [1.29, 1.82) is 0 Å². The van der Waals surface area contributed by atoms with E-state index in [0.717, 1.165) is 32.1 Å². The van der Waals surface area contributed by atoms with E-state index in [9.17, 15) is 9.59 Å². The minimum Gasteiger partial charge on any atom is -0.481 e. The molecule has 1 atom stereocenters. The van der Waals surface area contributed by atoms with Gasteiger partial charge in [0.05, 0.1) is 18.0 Å². The Morgan fingerprint density at radius 1 is 1.33 bits per heavy atom. The van der Waals surface area contributed by atoms with Gasteiger partial charge >= 0.3 is 5.97 Å². The molecule has 0 aliphatic heterocycles. The smallest absolute Gasteiger partial charge is 0.305 e. The highest BCUT2D eigenvalue weighted by atomic mass is 16.4. The summed E-state index contributed by atoms with van der Waals surface area (Å²) in [5, 5.41) is 9.09. The Labute approximate surface area is 108 Å². The lowest BCUT2D eigenvalue weighted by molar-refractivity contribution is -0.146. The predicted molar refractivity (Wildman–Crippen MR) is 69.1 cm³/mol. The third-order valence-corrected chi connectivity index (χ3v) is 4.06. The normalized spacial score (nSPS) is 20.2. The van der Waals surface area contributed by atoms with E-state index in [1.54, 1.807) is 11.9 Å².